The van der Waals surface area contributed by atoms with E-state index in [2.05, 4.69) is 120 Å². The van der Waals surface area contributed by atoms with Gasteiger partial charge < -0.3 is 4.42 Å². The first-order chi connectivity index (χ1) is 18.7. The van der Waals surface area contributed by atoms with E-state index < -0.39 is 0 Å². The number of pyridine rings is 1. The van der Waals surface area contributed by atoms with Gasteiger partial charge in [-0.15, -0.1) is 0 Å². The van der Waals surface area contributed by atoms with Gasteiger partial charge in [-0.05, 0) is 65.1 Å². The second-order valence-electron chi connectivity index (χ2n) is 9.68. The van der Waals surface area contributed by atoms with Crippen LogP contribution in [0.1, 0.15) is 5.69 Å². The summed E-state index contributed by atoms with van der Waals surface area (Å²) in [7, 11) is 0. The fourth-order valence-corrected chi connectivity index (χ4v) is 5.26. The van der Waals surface area contributed by atoms with Gasteiger partial charge in [0.15, 0.2) is 0 Å². The van der Waals surface area contributed by atoms with Crippen molar-refractivity contribution in [3.63, 3.8) is 0 Å². The van der Waals surface area contributed by atoms with Gasteiger partial charge in [0.25, 0.3) is 0 Å². The van der Waals surface area contributed by atoms with Crippen molar-refractivity contribution in [2.45, 2.75) is 6.92 Å². The maximum absolute atomic E-state index is 6.29. The Morgan fingerprint density at radius 3 is 1.84 bits per heavy atom. The quantitative estimate of drug-likeness (QED) is 0.247. The van der Waals surface area contributed by atoms with E-state index in [1.165, 1.54) is 22.3 Å². The smallest absolute Gasteiger partial charge is 0.143 e. The maximum Gasteiger partial charge on any atom is 0.143 e. The third kappa shape index (κ3) is 3.97. The molecule has 0 unspecified atom stereocenters. The number of fused-ring (bicyclic) bond motifs is 3. The zero-order chi connectivity index (χ0) is 25.5. The summed E-state index contributed by atoms with van der Waals surface area (Å²) in [5, 5.41) is 2.30. The predicted molar refractivity (Wildman–Crippen MR) is 158 cm³/mol. The molecule has 0 spiro atoms. The molecular formula is C36H25NO. The highest BCUT2D eigenvalue weighted by Gasteiger charge is 2.12. The van der Waals surface area contributed by atoms with E-state index in [0.29, 0.717) is 0 Å². The van der Waals surface area contributed by atoms with Gasteiger partial charge in [0.05, 0.1) is 5.69 Å². The summed E-state index contributed by atoms with van der Waals surface area (Å²) in [5.41, 5.74) is 12.0. The summed E-state index contributed by atoms with van der Waals surface area (Å²) in [5.74, 6) is 0. The first-order valence-electron chi connectivity index (χ1n) is 12.9. The van der Waals surface area contributed by atoms with Gasteiger partial charge in [0.1, 0.15) is 11.2 Å². The van der Waals surface area contributed by atoms with Crippen LogP contribution in [0.5, 0.6) is 0 Å². The Morgan fingerprint density at radius 1 is 0.474 bits per heavy atom. The zero-order valence-corrected chi connectivity index (χ0v) is 21.1. The first-order valence-corrected chi connectivity index (χ1v) is 12.9. The van der Waals surface area contributed by atoms with Crippen LogP contribution in [-0.2, 0) is 0 Å². The molecule has 2 aromatic heterocycles. The number of hydrogen-bond donors (Lipinski definition) is 0. The van der Waals surface area contributed by atoms with Crippen LogP contribution >= 0.6 is 0 Å². The number of aromatic nitrogens is 1. The minimum atomic E-state index is 0.920. The van der Waals surface area contributed by atoms with Crippen molar-refractivity contribution in [2.24, 2.45) is 0 Å². The number of benzene rings is 5. The number of hydrogen-bond acceptors (Lipinski definition) is 2. The zero-order valence-electron chi connectivity index (χ0n) is 21.1. The van der Waals surface area contributed by atoms with E-state index in [4.69, 9.17) is 4.42 Å². The van der Waals surface area contributed by atoms with Crippen LogP contribution in [0.3, 0.4) is 0 Å². The topological polar surface area (TPSA) is 26.0 Å². The molecule has 0 radical (unpaired) electrons. The lowest BCUT2D eigenvalue weighted by Gasteiger charge is -2.09. The molecular weight excluding hydrogens is 462 g/mol. The molecule has 2 heterocycles. The molecule has 0 saturated heterocycles. The lowest BCUT2D eigenvalue weighted by atomic mass is 9.96. The minimum absolute atomic E-state index is 0.920. The summed E-state index contributed by atoms with van der Waals surface area (Å²) >= 11 is 0. The van der Waals surface area contributed by atoms with Crippen molar-refractivity contribution < 1.29 is 4.42 Å². The Balaban J connectivity index is 1.23. The molecule has 7 rings (SSSR count). The van der Waals surface area contributed by atoms with Gasteiger partial charge in [-0.25, -0.2) is 0 Å². The molecule has 38 heavy (non-hydrogen) atoms. The Bertz CT molecular complexity index is 1930. The molecule has 0 saturated carbocycles. The summed E-state index contributed by atoms with van der Waals surface area (Å²) in [6.07, 6.45) is 0. The van der Waals surface area contributed by atoms with Crippen LogP contribution in [-0.4, -0.2) is 4.98 Å². The number of para-hydroxylation sites is 2. The molecule has 0 amide bonds. The second kappa shape index (κ2) is 9.17. The van der Waals surface area contributed by atoms with E-state index >= 15 is 0 Å². The second-order valence-corrected chi connectivity index (χ2v) is 9.68. The highest BCUT2D eigenvalue weighted by molar-refractivity contribution is 6.09. The lowest BCUT2D eigenvalue weighted by Crippen LogP contribution is -1.87. The van der Waals surface area contributed by atoms with Crippen LogP contribution in [0.25, 0.3) is 66.6 Å². The molecule has 2 nitrogen and oxygen atoms in total. The van der Waals surface area contributed by atoms with Crippen LogP contribution in [0.2, 0.25) is 0 Å². The van der Waals surface area contributed by atoms with E-state index in [1.807, 2.05) is 25.1 Å². The van der Waals surface area contributed by atoms with Crippen molar-refractivity contribution in [3.8, 4) is 44.6 Å². The predicted octanol–water partition coefficient (Wildman–Crippen LogP) is 9.96. The average Bonchev–Trinajstić information content (AvgIpc) is 3.36. The Morgan fingerprint density at radius 2 is 1.08 bits per heavy atom. The van der Waals surface area contributed by atoms with E-state index in [-0.39, 0.29) is 0 Å². The summed E-state index contributed by atoms with van der Waals surface area (Å²) in [6.45, 7) is 2.03. The Labute approximate surface area is 221 Å². The molecule has 2 heteroatoms. The average molecular weight is 488 g/mol. The molecule has 0 aliphatic rings. The molecule has 0 atom stereocenters. The first kappa shape index (κ1) is 22.3. The molecule has 0 fully saturated rings. The third-order valence-electron chi connectivity index (χ3n) is 7.18. The fourth-order valence-electron chi connectivity index (χ4n) is 5.26. The summed E-state index contributed by atoms with van der Waals surface area (Å²) in [4.78, 5) is 4.69. The molecule has 0 bridgehead atoms. The summed E-state index contributed by atoms with van der Waals surface area (Å²) < 4.78 is 6.29. The van der Waals surface area contributed by atoms with Crippen LogP contribution < -0.4 is 0 Å². The minimum Gasteiger partial charge on any atom is -0.455 e. The SMILES string of the molecule is Cc1cccc(-c2cccc(-c3ccc(-c4cccc(-c5cccc6c5oc5ccccc56)c4)cc3)c2)n1. The normalized spacial score (nSPS) is 11.3. The van der Waals surface area contributed by atoms with Crippen LogP contribution in [0, 0.1) is 6.92 Å². The van der Waals surface area contributed by atoms with Crippen molar-refractivity contribution in [3.05, 3.63) is 139 Å². The van der Waals surface area contributed by atoms with Crippen molar-refractivity contribution in [1.29, 1.82) is 0 Å². The Hall–Kier alpha value is -4.95. The van der Waals surface area contributed by atoms with Gasteiger partial charge >= 0.3 is 0 Å². The van der Waals surface area contributed by atoms with Gasteiger partial charge in [0, 0.05) is 27.6 Å². The van der Waals surface area contributed by atoms with Gasteiger partial charge in [-0.3, -0.25) is 4.98 Å². The molecule has 0 aliphatic carbocycles. The molecule has 0 N–H and O–H groups in total. The monoisotopic (exact) mass is 487 g/mol. The van der Waals surface area contributed by atoms with Crippen LogP contribution in [0.4, 0.5) is 0 Å². The third-order valence-corrected chi connectivity index (χ3v) is 7.18. The van der Waals surface area contributed by atoms with Crippen molar-refractivity contribution in [2.75, 3.05) is 0 Å². The van der Waals surface area contributed by atoms with Crippen LogP contribution in [0.15, 0.2) is 138 Å². The largest absolute Gasteiger partial charge is 0.455 e. The van der Waals surface area contributed by atoms with E-state index in [0.717, 1.165) is 50.0 Å². The lowest BCUT2D eigenvalue weighted by molar-refractivity contribution is 0.670. The number of furan rings is 1. The van der Waals surface area contributed by atoms with Crippen molar-refractivity contribution >= 4 is 21.9 Å². The van der Waals surface area contributed by atoms with Gasteiger partial charge in [-0.2, -0.15) is 0 Å². The number of nitrogens with zero attached hydrogens (tertiary/aromatic N) is 1. The van der Waals surface area contributed by atoms with Gasteiger partial charge in [-0.1, -0.05) is 103 Å². The highest BCUT2D eigenvalue weighted by atomic mass is 16.3. The molecule has 7 aromatic rings. The molecule has 5 aromatic carbocycles. The Kier molecular flexibility index (Phi) is 5.37. The molecule has 0 aliphatic heterocycles. The van der Waals surface area contributed by atoms with E-state index in [9.17, 15) is 0 Å². The fraction of sp³-hybridized carbons (Fsp3) is 0.0278. The van der Waals surface area contributed by atoms with Crippen molar-refractivity contribution in [1.82, 2.24) is 4.98 Å². The number of aryl methyl sites for hydroxylation is 1. The number of rotatable bonds is 4. The molecule has 180 valence electrons. The highest BCUT2D eigenvalue weighted by Crippen LogP contribution is 2.37. The summed E-state index contributed by atoms with van der Waals surface area (Å²) in [6, 6.07) is 46.9. The van der Waals surface area contributed by atoms with Gasteiger partial charge in [0.2, 0.25) is 0 Å². The van der Waals surface area contributed by atoms with E-state index in [1.54, 1.807) is 0 Å². The maximum atomic E-state index is 6.29. The standard InChI is InChI=1S/C36H25NO/c1-24-8-4-16-34(37-24)30-12-6-10-28(23-30)26-20-18-25(19-21-26)27-9-5-11-29(22-27)31-14-7-15-33-32-13-2-3-17-35(32)38-36(31)33/h2-23H,1H3.